The van der Waals surface area contributed by atoms with Crippen molar-refractivity contribution in [2.45, 2.75) is 55.4 Å². The van der Waals surface area contributed by atoms with Gasteiger partial charge in [-0.1, -0.05) is 18.2 Å². The predicted octanol–water partition coefficient (Wildman–Crippen LogP) is 4.27. The van der Waals surface area contributed by atoms with Crippen molar-refractivity contribution in [3.63, 3.8) is 0 Å². The van der Waals surface area contributed by atoms with Crippen LogP contribution < -0.4 is 9.64 Å². The molecule has 37 heavy (non-hydrogen) atoms. The third-order valence-electron chi connectivity index (χ3n) is 7.04. The van der Waals surface area contributed by atoms with Crippen LogP contribution in [0.15, 0.2) is 60.0 Å². The van der Waals surface area contributed by atoms with Crippen molar-refractivity contribution in [1.82, 2.24) is 4.90 Å². The zero-order chi connectivity index (χ0) is 27.1. The van der Waals surface area contributed by atoms with E-state index >= 15 is 0 Å². The molecule has 0 amide bonds. The molecule has 0 bridgehead atoms. The van der Waals surface area contributed by atoms with Gasteiger partial charge in [0.1, 0.15) is 11.1 Å². The van der Waals surface area contributed by atoms with E-state index in [2.05, 4.69) is 11.3 Å². The molecule has 4 unspecified atom stereocenters. The van der Waals surface area contributed by atoms with Crippen molar-refractivity contribution in [2.24, 2.45) is 5.92 Å². The van der Waals surface area contributed by atoms with E-state index in [1.165, 1.54) is 24.3 Å². The maximum absolute atomic E-state index is 13.9. The minimum absolute atomic E-state index is 0.140. The van der Waals surface area contributed by atoms with E-state index in [1.807, 2.05) is 23.6 Å². The summed E-state index contributed by atoms with van der Waals surface area (Å²) in [7, 11) is -3.92. The van der Waals surface area contributed by atoms with Crippen LogP contribution in [0.3, 0.4) is 0 Å². The second-order valence-electron chi connectivity index (χ2n) is 9.60. The van der Waals surface area contributed by atoms with E-state index in [9.17, 15) is 31.5 Å². The molecule has 1 aliphatic carbocycles. The smallest absolute Gasteiger partial charge is 0.481 e. The minimum atomic E-state index is -4.77. The fourth-order valence-corrected chi connectivity index (χ4v) is 7.58. The highest BCUT2D eigenvalue weighted by molar-refractivity contribution is 7.92. The molecular weight excluding hydrogens is 509 g/mol. The van der Waals surface area contributed by atoms with Crippen LogP contribution in [0, 0.1) is 5.92 Å². The first-order valence-corrected chi connectivity index (χ1v) is 13.4. The molecular formula is C26H29F3N2O5S. The molecule has 2 aliphatic rings. The largest absolute Gasteiger partial charge is 0.573 e. The van der Waals surface area contributed by atoms with Gasteiger partial charge in [-0.2, -0.15) is 0 Å². The summed E-state index contributed by atoms with van der Waals surface area (Å²) in [6.45, 7) is 8.49. The van der Waals surface area contributed by atoms with Crippen LogP contribution in [0.5, 0.6) is 5.75 Å². The first-order valence-electron chi connectivity index (χ1n) is 11.9. The summed E-state index contributed by atoms with van der Waals surface area (Å²) in [4.78, 5) is 15.6. The summed E-state index contributed by atoms with van der Waals surface area (Å²) < 4.78 is 69.2. The molecule has 1 N–H and O–H groups in total. The van der Waals surface area contributed by atoms with Crippen LogP contribution >= 0.6 is 0 Å². The number of rotatable bonds is 7. The fourth-order valence-electron chi connectivity index (χ4n) is 5.50. The summed E-state index contributed by atoms with van der Waals surface area (Å²) in [5.74, 6) is -1.91. The predicted molar refractivity (Wildman–Crippen MR) is 132 cm³/mol. The maximum Gasteiger partial charge on any atom is 0.573 e. The fraction of sp³-hybridized carbons (Fsp3) is 0.423. The number of hydrogen-bond donors (Lipinski definition) is 1. The highest BCUT2D eigenvalue weighted by Gasteiger charge is 2.42. The number of carboxylic acid groups (broad SMARTS) is 1. The molecule has 0 radical (unpaired) electrons. The van der Waals surface area contributed by atoms with Gasteiger partial charge >= 0.3 is 12.3 Å². The van der Waals surface area contributed by atoms with Gasteiger partial charge in [0.2, 0.25) is 0 Å². The average Bonchev–Trinajstić information content (AvgIpc) is 3.25. The molecule has 1 aliphatic heterocycles. The van der Waals surface area contributed by atoms with Crippen LogP contribution in [0.1, 0.15) is 25.0 Å². The van der Waals surface area contributed by atoms with Gasteiger partial charge < -0.3 is 14.7 Å². The number of piperazine rings is 1. The zero-order valence-corrected chi connectivity index (χ0v) is 21.3. The van der Waals surface area contributed by atoms with E-state index in [0.29, 0.717) is 30.8 Å². The van der Waals surface area contributed by atoms with Crippen molar-refractivity contribution < 1.29 is 36.2 Å². The number of fused-ring (bicyclic) bond motifs is 1. The Morgan fingerprint density at radius 2 is 1.73 bits per heavy atom. The Morgan fingerprint density at radius 1 is 1.11 bits per heavy atom. The molecule has 0 spiro atoms. The molecule has 1 saturated heterocycles. The highest BCUT2D eigenvalue weighted by atomic mass is 32.2. The van der Waals surface area contributed by atoms with Crippen molar-refractivity contribution in [1.29, 1.82) is 0 Å². The first-order chi connectivity index (χ1) is 17.3. The monoisotopic (exact) mass is 538 g/mol. The minimum Gasteiger partial charge on any atom is -0.481 e. The van der Waals surface area contributed by atoms with Crippen LogP contribution in [0.25, 0.3) is 0 Å². The second kappa shape index (κ2) is 10.0. The zero-order valence-electron chi connectivity index (χ0n) is 20.5. The molecule has 0 saturated carbocycles. The Labute approximate surface area is 214 Å². The lowest BCUT2D eigenvalue weighted by Gasteiger charge is -2.47. The Hall–Kier alpha value is -3.05. The number of benzene rings is 2. The van der Waals surface area contributed by atoms with E-state index in [-0.39, 0.29) is 29.1 Å². The SMILES string of the molecule is C=CC(N1C(C)CN(c2ccc(OC(F)(F)F)cc2)CC1C)S(=O)(=O)c1cccc2c1CC(C(=O)O)C2. The maximum atomic E-state index is 13.9. The lowest BCUT2D eigenvalue weighted by Crippen LogP contribution is -2.61. The van der Waals surface area contributed by atoms with E-state index in [0.717, 1.165) is 5.56 Å². The lowest BCUT2D eigenvalue weighted by atomic mass is 10.1. The number of alkyl halides is 3. The van der Waals surface area contributed by atoms with Gasteiger partial charge in [0, 0.05) is 30.9 Å². The summed E-state index contributed by atoms with van der Waals surface area (Å²) in [6, 6.07) is 10.1. The number of sulfone groups is 1. The lowest BCUT2D eigenvalue weighted by molar-refractivity contribution is -0.274. The van der Waals surface area contributed by atoms with Gasteiger partial charge in [-0.15, -0.1) is 19.8 Å². The molecule has 0 aromatic heterocycles. The number of carbonyl (C=O) groups is 1. The average molecular weight is 539 g/mol. The van der Waals surface area contributed by atoms with Gasteiger partial charge in [-0.25, -0.2) is 8.42 Å². The summed E-state index contributed by atoms with van der Waals surface area (Å²) >= 11 is 0. The van der Waals surface area contributed by atoms with Crippen LogP contribution in [0.4, 0.5) is 18.9 Å². The number of aliphatic carboxylic acids is 1. The van der Waals surface area contributed by atoms with Crippen LogP contribution in [0.2, 0.25) is 0 Å². The Balaban J connectivity index is 1.56. The number of carboxylic acids is 1. The van der Waals surface area contributed by atoms with Crippen LogP contribution in [-0.4, -0.2) is 61.3 Å². The van der Waals surface area contributed by atoms with Crippen molar-refractivity contribution in [2.75, 3.05) is 18.0 Å². The van der Waals surface area contributed by atoms with Crippen molar-refractivity contribution in [3.05, 3.63) is 66.2 Å². The highest BCUT2D eigenvalue weighted by Crippen LogP contribution is 2.36. The van der Waals surface area contributed by atoms with E-state index < -0.39 is 33.5 Å². The van der Waals surface area contributed by atoms with Crippen LogP contribution in [-0.2, 0) is 27.5 Å². The number of halogens is 3. The summed E-state index contributed by atoms with van der Waals surface area (Å²) in [5, 5.41) is 8.43. The molecule has 200 valence electrons. The van der Waals surface area contributed by atoms with Gasteiger partial charge in [-0.05, 0) is 68.1 Å². The molecule has 2 aromatic rings. The standard InChI is InChI=1S/C26H29F3N2O5S/c1-4-24(37(34,35)23-7-5-6-18-12-19(25(32)33)13-22(18)23)31-16(2)14-30(15-17(31)3)20-8-10-21(11-9-20)36-26(27,28)29/h4-11,16-17,19,24H,1,12-15H2,2-3H3,(H,32,33). The number of anilines is 1. The van der Waals surface area contributed by atoms with Gasteiger partial charge in [0.15, 0.2) is 9.84 Å². The summed E-state index contributed by atoms with van der Waals surface area (Å²) in [6.07, 6.45) is -2.90. The third kappa shape index (κ3) is 5.47. The number of hydrogen-bond acceptors (Lipinski definition) is 6. The molecule has 4 rings (SSSR count). The van der Waals surface area contributed by atoms with Gasteiger partial charge in [-0.3, -0.25) is 9.69 Å². The van der Waals surface area contributed by atoms with E-state index in [1.54, 1.807) is 24.3 Å². The molecule has 1 heterocycles. The van der Waals surface area contributed by atoms with E-state index in [4.69, 9.17) is 0 Å². The quantitative estimate of drug-likeness (QED) is 0.527. The third-order valence-corrected chi connectivity index (χ3v) is 9.11. The molecule has 4 atom stereocenters. The van der Waals surface area contributed by atoms with Gasteiger partial charge in [0.05, 0.1) is 10.8 Å². The van der Waals surface area contributed by atoms with Crippen molar-refractivity contribution >= 4 is 21.5 Å². The number of nitrogens with zero attached hydrogens (tertiary/aromatic N) is 2. The molecule has 11 heteroatoms. The normalized spacial score (nSPS) is 23.4. The molecule has 2 aromatic carbocycles. The molecule has 7 nitrogen and oxygen atoms in total. The number of ether oxygens (including phenoxy) is 1. The Kier molecular flexibility index (Phi) is 7.31. The van der Waals surface area contributed by atoms with Crippen molar-refractivity contribution in [3.8, 4) is 5.75 Å². The summed E-state index contributed by atoms with van der Waals surface area (Å²) in [5.41, 5.74) is 1.99. The Bertz CT molecular complexity index is 1270. The van der Waals surface area contributed by atoms with Gasteiger partial charge in [0.25, 0.3) is 0 Å². The second-order valence-corrected chi connectivity index (χ2v) is 11.6. The first kappa shape index (κ1) is 27.0. The molecule has 1 fully saturated rings. The Morgan fingerprint density at radius 3 is 2.27 bits per heavy atom. The topological polar surface area (TPSA) is 87.2 Å².